The molecule has 1 aromatic carbocycles. The number of hydrogen-bond donors (Lipinski definition) is 2. The van der Waals surface area contributed by atoms with E-state index in [4.69, 9.17) is 5.11 Å². The summed E-state index contributed by atoms with van der Waals surface area (Å²) in [7, 11) is 0. The molecule has 1 saturated heterocycles. The first-order valence-corrected chi connectivity index (χ1v) is 10.9. The van der Waals surface area contributed by atoms with E-state index >= 15 is 0 Å². The molecule has 2 rings (SSSR count). The maximum Gasteiger partial charge on any atom is 0.303 e. The van der Waals surface area contributed by atoms with Gasteiger partial charge in [-0.15, -0.1) is 0 Å². The van der Waals surface area contributed by atoms with Crippen molar-refractivity contribution < 1.29 is 19.8 Å². The van der Waals surface area contributed by atoms with Crippen LogP contribution in [-0.4, -0.2) is 45.7 Å². The number of likely N-dealkylation sites (tertiary alicyclic amines) is 1. The Labute approximate surface area is 174 Å². The second-order valence-corrected chi connectivity index (χ2v) is 7.98. The molecule has 0 saturated carbocycles. The number of aliphatic hydroxyl groups is 1. The van der Waals surface area contributed by atoms with Gasteiger partial charge in [0.05, 0.1) is 12.1 Å². The summed E-state index contributed by atoms with van der Waals surface area (Å²) in [5, 5.41) is 19.1. The number of aryl methyl sites for hydroxylation is 1. The van der Waals surface area contributed by atoms with Crippen molar-refractivity contribution in [2.75, 3.05) is 6.54 Å². The summed E-state index contributed by atoms with van der Waals surface area (Å²) in [5.74, 6) is -0.576. The highest BCUT2D eigenvalue weighted by molar-refractivity contribution is 5.79. The number of rotatable bonds is 13. The molecular formula is C24H35NO4. The molecule has 1 aliphatic rings. The number of aliphatic hydroxyl groups excluding tert-OH is 1. The van der Waals surface area contributed by atoms with E-state index in [1.807, 2.05) is 29.2 Å². The minimum absolute atomic E-state index is 0.0580. The van der Waals surface area contributed by atoms with Gasteiger partial charge in [0.1, 0.15) is 0 Å². The molecule has 1 aromatic rings. The van der Waals surface area contributed by atoms with E-state index in [1.165, 1.54) is 5.56 Å². The summed E-state index contributed by atoms with van der Waals surface area (Å²) >= 11 is 0. The minimum atomic E-state index is -0.749. The number of carbonyl (C=O) groups is 2. The van der Waals surface area contributed by atoms with E-state index in [-0.39, 0.29) is 18.4 Å². The van der Waals surface area contributed by atoms with E-state index in [9.17, 15) is 14.7 Å². The second kappa shape index (κ2) is 12.4. The molecule has 0 aliphatic carbocycles. The third-order valence-corrected chi connectivity index (χ3v) is 5.44. The SMILES string of the molecule is CCCc1cccc(C[C@H](O)/C=C/[C@H]2CCC(=O)N2CCCCCCC(=O)O)c1. The third-order valence-electron chi connectivity index (χ3n) is 5.44. The summed E-state index contributed by atoms with van der Waals surface area (Å²) in [6.07, 6.45) is 11.0. The molecule has 1 aliphatic heterocycles. The van der Waals surface area contributed by atoms with Crippen LogP contribution in [-0.2, 0) is 22.4 Å². The zero-order valence-corrected chi connectivity index (χ0v) is 17.6. The highest BCUT2D eigenvalue weighted by Gasteiger charge is 2.28. The van der Waals surface area contributed by atoms with Crippen LogP contribution in [0.2, 0.25) is 0 Å². The summed E-state index contributed by atoms with van der Waals surface area (Å²) in [5.41, 5.74) is 2.44. The molecular weight excluding hydrogens is 366 g/mol. The third kappa shape index (κ3) is 8.40. The van der Waals surface area contributed by atoms with Crippen molar-refractivity contribution in [2.24, 2.45) is 0 Å². The monoisotopic (exact) mass is 401 g/mol. The smallest absolute Gasteiger partial charge is 0.303 e. The molecule has 1 heterocycles. The Morgan fingerprint density at radius 3 is 2.76 bits per heavy atom. The largest absolute Gasteiger partial charge is 0.481 e. The number of benzene rings is 1. The van der Waals surface area contributed by atoms with Crippen LogP contribution in [0.25, 0.3) is 0 Å². The Morgan fingerprint density at radius 1 is 1.24 bits per heavy atom. The van der Waals surface area contributed by atoms with Crippen molar-refractivity contribution in [1.82, 2.24) is 4.90 Å². The van der Waals surface area contributed by atoms with Gasteiger partial charge in [-0.1, -0.05) is 62.6 Å². The van der Waals surface area contributed by atoms with E-state index < -0.39 is 12.1 Å². The van der Waals surface area contributed by atoms with E-state index in [2.05, 4.69) is 19.1 Å². The van der Waals surface area contributed by atoms with Gasteiger partial charge in [-0.3, -0.25) is 9.59 Å². The van der Waals surface area contributed by atoms with Crippen molar-refractivity contribution in [3.8, 4) is 0 Å². The molecule has 5 nitrogen and oxygen atoms in total. The lowest BCUT2D eigenvalue weighted by Gasteiger charge is -2.22. The highest BCUT2D eigenvalue weighted by atomic mass is 16.4. The van der Waals surface area contributed by atoms with Gasteiger partial charge in [-0.25, -0.2) is 0 Å². The number of carbonyl (C=O) groups excluding carboxylic acids is 1. The summed E-state index contributed by atoms with van der Waals surface area (Å²) in [6, 6.07) is 8.44. The van der Waals surface area contributed by atoms with Crippen LogP contribution in [0.15, 0.2) is 36.4 Å². The first-order chi connectivity index (χ1) is 14.0. The number of amides is 1. The number of unbranched alkanes of at least 4 members (excludes halogenated alkanes) is 3. The average molecular weight is 402 g/mol. The van der Waals surface area contributed by atoms with Gasteiger partial charge >= 0.3 is 5.97 Å². The fourth-order valence-corrected chi connectivity index (χ4v) is 3.93. The molecule has 0 spiro atoms. The van der Waals surface area contributed by atoms with Crippen LogP contribution in [0.4, 0.5) is 0 Å². The zero-order valence-electron chi connectivity index (χ0n) is 17.6. The van der Waals surface area contributed by atoms with Gasteiger partial charge in [0, 0.05) is 25.8 Å². The molecule has 160 valence electrons. The Balaban J connectivity index is 1.79. The Bertz CT molecular complexity index is 685. The van der Waals surface area contributed by atoms with Crippen LogP contribution >= 0.6 is 0 Å². The quantitative estimate of drug-likeness (QED) is 0.385. The van der Waals surface area contributed by atoms with Crippen molar-refractivity contribution >= 4 is 11.9 Å². The number of nitrogens with zero attached hydrogens (tertiary/aromatic N) is 1. The van der Waals surface area contributed by atoms with E-state index in [0.29, 0.717) is 25.8 Å². The van der Waals surface area contributed by atoms with Gasteiger partial charge in [0.2, 0.25) is 5.91 Å². The van der Waals surface area contributed by atoms with Crippen LogP contribution < -0.4 is 0 Å². The fourth-order valence-electron chi connectivity index (χ4n) is 3.93. The van der Waals surface area contributed by atoms with Crippen LogP contribution in [0.5, 0.6) is 0 Å². The average Bonchev–Trinajstić information content (AvgIpc) is 3.03. The van der Waals surface area contributed by atoms with Crippen molar-refractivity contribution in [1.29, 1.82) is 0 Å². The van der Waals surface area contributed by atoms with Crippen molar-refractivity contribution in [3.05, 3.63) is 47.5 Å². The highest BCUT2D eigenvalue weighted by Crippen LogP contribution is 2.21. The van der Waals surface area contributed by atoms with Gasteiger partial charge in [-0.2, -0.15) is 0 Å². The predicted octanol–water partition coefficient (Wildman–Crippen LogP) is 4.12. The molecule has 0 unspecified atom stereocenters. The lowest BCUT2D eigenvalue weighted by atomic mass is 10.0. The van der Waals surface area contributed by atoms with Gasteiger partial charge in [0.15, 0.2) is 0 Å². The minimum Gasteiger partial charge on any atom is -0.481 e. The lowest BCUT2D eigenvalue weighted by Crippen LogP contribution is -2.32. The van der Waals surface area contributed by atoms with Gasteiger partial charge in [-0.05, 0) is 36.8 Å². The second-order valence-electron chi connectivity index (χ2n) is 7.98. The molecule has 0 bridgehead atoms. The molecule has 0 aromatic heterocycles. The maximum absolute atomic E-state index is 12.2. The molecule has 0 radical (unpaired) electrons. The summed E-state index contributed by atoms with van der Waals surface area (Å²) in [4.78, 5) is 24.6. The Hall–Kier alpha value is -2.14. The van der Waals surface area contributed by atoms with Crippen LogP contribution in [0.3, 0.4) is 0 Å². The van der Waals surface area contributed by atoms with Crippen molar-refractivity contribution in [2.45, 2.75) is 83.3 Å². The zero-order chi connectivity index (χ0) is 21.1. The van der Waals surface area contributed by atoms with Gasteiger partial charge < -0.3 is 15.1 Å². The molecule has 29 heavy (non-hydrogen) atoms. The normalized spacial score (nSPS) is 17.9. The van der Waals surface area contributed by atoms with Crippen LogP contribution in [0, 0.1) is 0 Å². The number of aliphatic carboxylic acids is 1. The molecule has 1 amide bonds. The molecule has 1 fully saturated rings. The standard InChI is InChI=1S/C24H35NO4/c1-2-8-19-9-7-10-20(17-19)18-22(26)14-12-21-13-15-23(27)25(21)16-6-4-3-5-11-24(28)29/h7,9-10,12,14,17,21-22,26H,2-6,8,11,13,15-16,18H2,1H3,(H,28,29)/b14-12+/t21-,22+/m0/s1. The predicted molar refractivity (Wildman–Crippen MR) is 115 cm³/mol. The molecule has 2 N–H and O–H groups in total. The molecule has 2 atom stereocenters. The van der Waals surface area contributed by atoms with Gasteiger partial charge in [0.25, 0.3) is 0 Å². The Morgan fingerprint density at radius 2 is 2.00 bits per heavy atom. The first-order valence-electron chi connectivity index (χ1n) is 10.9. The first kappa shape index (κ1) is 23.1. The number of hydrogen-bond acceptors (Lipinski definition) is 3. The number of carboxylic acids is 1. The van der Waals surface area contributed by atoms with Crippen LogP contribution in [0.1, 0.15) is 69.4 Å². The fraction of sp³-hybridized carbons (Fsp3) is 0.583. The maximum atomic E-state index is 12.2. The summed E-state index contributed by atoms with van der Waals surface area (Å²) < 4.78 is 0. The topological polar surface area (TPSA) is 77.8 Å². The molecule has 5 heteroatoms. The van der Waals surface area contributed by atoms with E-state index in [0.717, 1.165) is 44.1 Å². The van der Waals surface area contributed by atoms with Crippen molar-refractivity contribution in [3.63, 3.8) is 0 Å². The Kier molecular flexibility index (Phi) is 9.92. The number of carboxylic acid groups (broad SMARTS) is 1. The summed E-state index contributed by atoms with van der Waals surface area (Å²) in [6.45, 7) is 2.87. The lowest BCUT2D eigenvalue weighted by molar-refractivity contribution is -0.137. The van der Waals surface area contributed by atoms with E-state index in [1.54, 1.807) is 0 Å².